The van der Waals surface area contributed by atoms with Crippen LogP contribution in [0.3, 0.4) is 0 Å². The van der Waals surface area contributed by atoms with Crippen LogP contribution in [0.2, 0.25) is 0 Å². The molecular formula is C51H58F2N4O3. The van der Waals surface area contributed by atoms with Gasteiger partial charge in [-0.3, -0.25) is 0 Å². The monoisotopic (exact) mass is 812 g/mol. The lowest BCUT2D eigenvalue weighted by atomic mass is 9.57. The molecule has 0 radical (unpaired) electrons. The molecule has 1 N–H and O–H groups in total. The summed E-state index contributed by atoms with van der Waals surface area (Å²) in [5.41, 5.74) is 9.74. The van der Waals surface area contributed by atoms with Crippen molar-refractivity contribution in [2.45, 2.75) is 126 Å². The maximum Gasteiger partial charge on any atom is 0.123 e. The van der Waals surface area contributed by atoms with Crippen molar-refractivity contribution < 1.29 is 23.4 Å². The number of benzene rings is 4. The van der Waals surface area contributed by atoms with Gasteiger partial charge in [0, 0.05) is 17.9 Å². The Kier molecular flexibility index (Phi) is 10.0. The zero-order valence-corrected chi connectivity index (χ0v) is 35.4. The molecule has 1 saturated heterocycles. The van der Waals surface area contributed by atoms with Crippen molar-refractivity contribution in [1.82, 2.24) is 19.6 Å². The molecule has 314 valence electrons. The number of hydrogen-bond acceptors (Lipinski definition) is 5. The van der Waals surface area contributed by atoms with Crippen molar-refractivity contribution in [3.63, 3.8) is 0 Å². The molecule has 4 aliphatic carbocycles. The number of aromatic nitrogens is 4. The maximum absolute atomic E-state index is 13.4. The first-order chi connectivity index (χ1) is 29.1. The third-order valence-electron chi connectivity index (χ3n) is 15.9. The molecule has 0 amide bonds. The molecule has 4 aromatic carbocycles. The second-order valence-electron chi connectivity index (χ2n) is 18.9. The fourth-order valence-corrected chi connectivity index (χ4v) is 12.6. The molecule has 60 heavy (non-hydrogen) atoms. The Morgan fingerprint density at radius 2 is 1.18 bits per heavy atom. The Labute approximate surface area is 352 Å². The summed E-state index contributed by atoms with van der Waals surface area (Å²) in [6.07, 6.45) is 19.4. The number of methoxy groups -OCH3 is 1. The van der Waals surface area contributed by atoms with E-state index in [1.54, 1.807) is 36.9 Å². The Bertz CT molecular complexity index is 2530. The highest BCUT2D eigenvalue weighted by Crippen LogP contribution is 2.58. The number of ether oxygens (including phenoxy) is 2. The second-order valence-corrected chi connectivity index (χ2v) is 18.9. The summed E-state index contributed by atoms with van der Waals surface area (Å²) in [4.78, 5) is 0. The first kappa shape index (κ1) is 39.7. The number of aliphatic hydroxyl groups is 1. The van der Waals surface area contributed by atoms with Crippen LogP contribution >= 0.6 is 0 Å². The molecule has 3 heterocycles. The molecule has 2 aromatic heterocycles. The van der Waals surface area contributed by atoms with E-state index in [-0.39, 0.29) is 28.1 Å². The van der Waals surface area contributed by atoms with Crippen LogP contribution in [0.25, 0.3) is 33.2 Å². The van der Waals surface area contributed by atoms with Crippen molar-refractivity contribution in [1.29, 1.82) is 0 Å². The molecule has 9 heteroatoms. The van der Waals surface area contributed by atoms with Crippen molar-refractivity contribution in [2.24, 2.45) is 11.8 Å². The number of epoxide rings is 1. The minimum atomic E-state index is -0.708. The Hall–Kier alpha value is -4.44. The van der Waals surface area contributed by atoms with Crippen LogP contribution < -0.4 is 0 Å². The van der Waals surface area contributed by atoms with Gasteiger partial charge in [-0.25, -0.2) is 18.1 Å². The van der Waals surface area contributed by atoms with E-state index in [0.717, 1.165) is 91.7 Å². The van der Waals surface area contributed by atoms with Crippen molar-refractivity contribution in [3.8, 4) is 11.4 Å². The van der Waals surface area contributed by atoms with E-state index < -0.39 is 5.60 Å². The summed E-state index contributed by atoms with van der Waals surface area (Å²) in [7, 11) is 1.68. The Balaban J connectivity index is 0.000000145. The van der Waals surface area contributed by atoms with E-state index >= 15 is 0 Å². The topological polar surface area (TPSA) is 77.6 Å². The van der Waals surface area contributed by atoms with Gasteiger partial charge in [-0.1, -0.05) is 13.8 Å². The van der Waals surface area contributed by atoms with Gasteiger partial charge in [0.25, 0.3) is 0 Å². The third kappa shape index (κ3) is 6.70. The van der Waals surface area contributed by atoms with Gasteiger partial charge in [-0.2, -0.15) is 10.2 Å². The zero-order valence-electron chi connectivity index (χ0n) is 35.4. The second kappa shape index (κ2) is 15.2. The molecule has 11 rings (SSSR count). The van der Waals surface area contributed by atoms with E-state index in [4.69, 9.17) is 9.47 Å². The minimum Gasteiger partial charge on any atom is -0.387 e. The first-order valence-electron chi connectivity index (χ1n) is 22.5. The van der Waals surface area contributed by atoms with Crippen LogP contribution in [0.5, 0.6) is 0 Å². The Morgan fingerprint density at radius 3 is 1.65 bits per heavy atom. The lowest BCUT2D eigenvalue weighted by Gasteiger charge is -2.50. The third-order valence-corrected chi connectivity index (χ3v) is 15.9. The molecule has 0 bridgehead atoms. The van der Waals surface area contributed by atoms with Gasteiger partial charge in [0.15, 0.2) is 0 Å². The van der Waals surface area contributed by atoms with Gasteiger partial charge in [0.05, 0.1) is 59.2 Å². The number of nitrogens with zero attached hydrogens (tertiary/aromatic N) is 4. The highest BCUT2D eigenvalue weighted by molar-refractivity contribution is 5.83. The van der Waals surface area contributed by atoms with E-state index in [1.165, 1.54) is 84.9 Å². The molecule has 3 fully saturated rings. The first-order valence-corrected chi connectivity index (χ1v) is 22.5. The highest BCUT2D eigenvalue weighted by Gasteiger charge is 2.56. The fraction of sp³-hybridized carbons (Fsp3) is 0.490. The van der Waals surface area contributed by atoms with E-state index in [2.05, 4.69) is 48.3 Å². The summed E-state index contributed by atoms with van der Waals surface area (Å²) in [5, 5.41) is 22.7. The lowest BCUT2D eigenvalue weighted by Crippen LogP contribution is -2.49. The standard InChI is InChI=1S/C26H31FN2O2.C25H27FN2O/c1-3-26-12-11-25(30,17-31-2)15-20(26)6-4-5-18-14-24-19(13-23(18)26)16-28-29(24)22-9-7-21(27)8-10-22;1-2-25-11-10-24(16-29-24)14-19(25)5-3-4-17-13-23-18(12-22(17)25)15-27-28(23)21-8-6-20(26)7-9-21/h7-10,13-14,16,20,30H,3-6,11-12,15,17H2,1-2H3;6-9,12-13,15,19H,2-5,10-11,14,16H2,1H3/t20-,25+,26-;19-,24+,25-/m11/s1. The van der Waals surface area contributed by atoms with Gasteiger partial charge in [-0.05, 0) is 208 Å². The number of halogens is 2. The van der Waals surface area contributed by atoms with Gasteiger partial charge < -0.3 is 14.6 Å². The van der Waals surface area contributed by atoms with E-state index in [9.17, 15) is 13.9 Å². The number of hydrogen-bond donors (Lipinski definition) is 1. The normalized spacial score (nSPS) is 29.4. The van der Waals surface area contributed by atoms with Crippen molar-refractivity contribution >= 4 is 21.8 Å². The number of aryl methyl sites for hydroxylation is 2. The van der Waals surface area contributed by atoms with Crippen molar-refractivity contribution in [2.75, 3.05) is 20.3 Å². The largest absolute Gasteiger partial charge is 0.387 e. The van der Waals surface area contributed by atoms with Crippen LogP contribution in [0, 0.1) is 23.5 Å². The van der Waals surface area contributed by atoms with Gasteiger partial charge in [0.1, 0.15) is 11.6 Å². The maximum atomic E-state index is 13.4. The minimum absolute atomic E-state index is 0.0952. The van der Waals surface area contributed by atoms with E-state index in [0.29, 0.717) is 12.5 Å². The summed E-state index contributed by atoms with van der Waals surface area (Å²) >= 11 is 0. The van der Waals surface area contributed by atoms with Crippen LogP contribution in [0.15, 0.2) is 85.2 Å². The molecule has 1 aliphatic heterocycles. The molecule has 5 aliphatic rings. The molecule has 0 unspecified atom stereocenters. The molecule has 1 spiro atoms. The lowest BCUT2D eigenvalue weighted by molar-refractivity contribution is -0.0903. The quantitative estimate of drug-likeness (QED) is 0.170. The predicted molar refractivity (Wildman–Crippen MR) is 232 cm³/mol. The molecule has 6 aromatic rings. The SMILES string of the molecule is CC[C@@]12CC[C@@](O)(COC)C[C@H]1CCCc1cc3c(cnn3-c3ccc(F)cc3)cc12.CC[C@@]12CC[C@@]3(CO3)C[C@H]1CCCc1cc3c(cnn3-c3ccc(F)cc3)cc12. The molecule has 2 saturated carbocycles. The summed E-state index contributed by atoms with van der Waals surface area (Å²) in [5.74, 6) is 0.715. The van der Waals surface area contributed by atoms with Crippen LogP contribution in [-0.2, 0) is 33.1 Å². The predicted octanol–water partition coefficient (Wildman–Crippen LogP) is 11.0. The smallest absolute Gasteiger partial charge is 0.123 e. The molecule has 7 nitrogen and oxygen atoms in total. The fourth-order valence-electron chi connectivity index (χ4n) is 12.6. The van der Waals surface area contributed by atoms with Crippen LogP contribution in [0.4, 0.5) is 8.78 Å². The van der Waals surface area contributed by atoms with E-state index in [1.807, 2.05) is 21.8 Å². The summed E-state index contributed by atoms with van der Waals surface area (Å²) in [6.45, 7) is 6.06. The Morgan fingerprint density at radius 1 is 0.700 bits per heavy atom. The average Bonchev–Trinajstić information content (AvgIpc) is 3.79. The molecular weight excluding hydrogens is 755 g/mol. The summed E-state index contributed by atoms with van der Waals surface area (Å²) < 4.78 is 41.9. The van der Waals surface area contributed by atoms with Gasteiger partial charge in [-0.15, -0.1) is 0 Å². The summed E-state index contributed by atoms with van der Waals surface area (Å²) in [6, 6.07) is 22.5. The van der Waals surface area contributed by atoms with Gasteiger partial charge >= 0.3 is 0 Å². The zero-order chi connectivity index (χ0) is 41.3. The van der Waals surface area contributed by atoms with Crippen LogP contribution in [0.1, 0.15) is 113 Å². The average molecular weight is 813 g/mol. The van der Waals surface area contributed by atoms with Crippen LogP contribution in [-0.4, -0.2) is 56.2 Å². The molecule has 6 atom stereocenters. The number of fused-ring (bicyclic) bond motifs is 8. The van der Waals surface area contributed by atoms with Crippen molar-refractivity contribution in [3.05, 3.63) is 119 Å². The highest BCUT2D eigenvalue weighted by atomic mass is 19.1. The number of rotatable bonds is 6. The van der Waals surface area contributed by atoms with Gasteiger partial charge in [0.2, 0.25) is 0 Å².